The lowest BCUT2D eigenvalue weighted by Gasteiger charge is -2.38. The fraction of sp³-hybridized carbons (Fsp3) is 0.222. The summed E-state index contributed by atoms with van der Waals surface area (Å²) in [5.41, 5.74) is 10.4. The normalized spacial score (nSPS) is 17.1. The molecule has 1 unspecified atom stereocenters. The topological polar surface area (TPSA) is 125 Å². The van der Waals surface area contributed by atoms with E-state index in [0.29, 0.717) is 45.6 Å². The predicted molar refractivity (Wildman–Crippen MR) is 160 cm³/mol. The minimum Gasteiger partial charge on any atom is -0.384 e. The van der Waals surface area contributed by atoms with Gasteiger partial charge in [0, 0.05) is 17.7 Å². The maximum Gasteiger partial charge on any atom is 0.234 e. The molecule has 0 saturated heterocycles. The van der Waals surface area contributed by atoms with Crippen molar-refractivity contribution in [3.05, 3.63) is 85.3 Å². The van der Waals surface area contributed by atoms with Crippen LogP contribution in [0.2, 0.25) is 15.1 Å². The van der Waals surface area contributed by atoms with Gasteiger partial charge in [-0.1, -0.05) is 82.2 Å². The van der Waals surface area contributed by atoms with Gasteiger partial charge in [0.15, 0.2) is 10.1 Å². The summed E-state index contributed by atoms with van der Waals surface area (Å²) >= 11 is 20.5. The number of aryl methyl sites for hydroxylation is 1. The number of ketones is 1. The largest absolute Gasteiger partial charge is 0.384 e. The standard InChI is InChI=1S/C27H21Cl3N6O2S2/c1-13-5-2-3-6-14(13)23-15(11-31)25(32)36(20-7-4-8-21(37)24(20)23)26-34-35-27(40-26)39-12-22(38)33-19-10-17(29)16(28)9-18(19)30/h2-3,5-6,9-10,23H,4,7-8,12,32H2,1H3,(H,33,38). The number of hydrogen-bond acceptors (Lipinski definition) is 9. The fourth-order valence-electron chi connectivity index (χ4n) is 4.81. The summed E-state index contributed by atoms with van der Waals surface area (Å²) in [6.45, 7) is 1.96. The molecule has 3 aromatic rings. The van der Waals surface area contributed by atoms with E-state index in [-0.39, 0.29) is 38.3 Å². The number of nitrogens with zero attached hydrogens (tertiary/aromatic N) is 4. The van der Waals surface area contributed by atoms with Crippen LogP contribution in [0.3, 0.4) is 0 Å². The van der Waals surface area contributed by atoms with Crippen molar-refractivity contribution in [1.82, 2.24) is 10.2 Å². The van der Waals surface area contributed by atoms with Crippen LogP contribution in [0.1, 0.15) is 36.3 Å². The number of benzene rings is 2. The van der Waals surface area contributed by atoms with E-state index in [4.69, 9.17) is 40.5 Å². The second-order valence-electron chi connectivity index (χ2n) is 9.11. The van der Waals surface area contributed by atoms with Crippen LogP contribution in [0.25, 0.3) is 0 Å². The number of allylic oxidation sites excluding steroid dienone is 3. The highest BCUT2D eigenvalue weighted by Crippen LogP contribution is 2.47. The number of carbonyl (C=O) groups excluding carboxylic acids is 2. The number of anilines is 2. The van der Waals surface area contributed by atoms with Crippen LogP contribution in [-0.2, 0) is 9.59 Å². The Bertz CT molecular complexity index is 1650. The van der Waals surface area contributed by atoms with Crippen LogP contribution in [0.4, 0.5) is 10.8 Å². The lowest BCUT2D eigenvalue weighted by molar-refractivity contribution is -0.116. The van der Waals surface area contributed by atoms with Gasteiger partial charge in [0.25, 0.3) is 0 Å². The predicted octanol–water partition coefficient (Wildman–Crippen LogP) is 6.84. The molecule has 0 saturated carbocycles. The second kappa shape index (κ2) is 11.8. The quantitative estimate of drug-likeness (QED) is 0.224. The SMILES string of the molecule is Cc1ccccc1C1C(C#N)=C(N)N(c2nnc(SCC(=O)Nc3cc(Cl)c(Cl)cc3Cl)s2)C2=C1C(=O)CCC2. The van der Waals surface area contributed by atoms with Crippen molar-refractivity contribution < 1.29 is 9.59 Å². The Morgan fingerprint density at radius 3 is 2.70 bits per heavy atom. The molecule has 40 heavy (non-hydrogen) atoms. The summed E-state index contributed by atoms with van der Waals surface area (Å²) in [4.78, 5) is 27.5. The first-order valence-corrected chi connectivity index (χ1v) is 15.1. The van der Waals surface area contributed by atoms with Gasteiger partial charge in [-0.3, -0.25) is 14.5 Å². The summed E-state index contributed by atoms with van der Waals surface area (Å²) in [7, 11) is 0. The highest BCUT2D eigenvalue weighted by atomic mass is 35.5. The zero-order valence-corrected chi connectivity index (χ0v) is 24.9. The van der Waals surface area contributed by atoms with Crippen molar-refractivity contribution in [1.29, 1.82) is 5.26 Å². The van der Waals surface area contributed by atoms with Gasteiger partial charge in [0.05, 0.1) is 44.1 Å². The minimum atomic E-state index is -0.538. The van der Waals surface area contributed by atoms with Crippen molar-refractivity contribution in [3.63, 3.8) is 0 Å². The molecule has 5 rings (SSSR count). The maximum absolute atomic E-state index is 13.3. The maximum atomic E-state index is 13.3. The Kier molecular flexibility index (Phi) is 8.40. The van der Waals surface area contributed by atoms with Crippen molar-refractivity contribution in [2.24, 2.45) is 5.73 Å². The van der Waals surface area contributed by atoms with Gasteiger partial charge in [0.2, 0.25) is 11.0 Å². The summed E-state index contributed by atoms with van der Waals surface area (Å²) in [6.07, 6.45) is 1.68. The molecule has 1 atom stereocenters. The monoisotopic (exact) mass is 630 g/mol. The van der Waals surface area contributed by atoms with E-state index in [0.717, 1.165) is 16.8 Å². The van der Waals surface area contributed by atoms with E-state index in [1.807, 2.05) is 31.2 Å². The molecule has 1 aromatic heterocycles. The number of rotatable bonds is 6. The molecule has 13 heteroatoms. The number of nitrogens with two attached hydrogens (primary N) is 1. The van der Waals surface area contributed by atoms with Gasteiger partial charge in [-0.15, -0.1) is 10.2 Å². The summed E-state index contributed by atoms with van der Waals surface area (Å²) < 4.78 is 0.516. The molecule has 0 fully saturated rings. The Hall–Kier alpha value is -3.07. The summed E-state index contributed by atoms with van der Waals surface area (Å²) in [6, 6.07) is 12.9. The third-order valence-corrected chi connectivity index (χ3v) is 9.69. The van der Waals surface area contributed by atoms with Crippen molar-refractivity contribution in [3.8, 4) is 6.07 Å². The Balaban J connectivity index is 1.41. The van der Waals surface area contributed by atoms with Gasteiger partial charge in [-0.25, -0.2) is 0 Å². The molecule has 0 spiro atoms. The van der Waals surface area contributed by atoms with E-state index in [1.54, 1.807) is 4.90 Å². The number of nitriles is 1. The van der Waals surface area contributed by atoms with Crippen LogP contribution in [0.15, 0.2) is 63.4 Å². The van der Waals surface area contributed by atoms with Gasteiger partial charge >= 0.3 is 0 Å². The lowest BCUT2D eigenvalue weighted by Crippen LogP contribution is -2.38. The first-order chi connectivity index (χ1) is 19.2. The van der Waals surface area contributed by atoms with Gasteiger partial charge in [0.1, 0.15) is 5.82 Å². The van der Waals surface area contributed by atoms with E-state index >= 15 is 0 Å². The van der Waals surface area contributed by atoms with Gasteiger partial charge in [-0.05, 0) is 43.0 Å². The summed E-state index contributed by atoms with van der Waals surface area (Å²) in [5.74, 6) is -0.610. The first kappa shape index (κ1) is 28.5. The van der Waals surface area contributed by atoms with Crippen LogP contribution < -0.4 is 16.0 Å². The number of carbonyl (C=O) groups is 2. The lowest BCUT2D eigenvalue weighted by atomic mass is 9.75. The molecule has 0 bridgehead atoms. The molecule has 0 radical (unpaired) electrons. The Morgan fingerprint density at radius 1 is 1.20 bits per heavy atom. The first-order valence-electron chi connectivity index (χ1n) is 12.1. The van der Waals surface area contributed by atoms with Crippen LogP contribution in [0, 0.1) is 18.3 Å². The number of hydrogen-bond donors (Lipinski definition) is 2. The third kappa shape index (κ3) is 5.45. The van der Waals surface area contributed by atoms with E-state index in [1.165, 1.54) is 35.2 Å². The van der Waals surface area contributed by atoms with Crippen LogP contribution >= 0.6 is 57.9 Å². The number of nitrogens with one attached hydrogen (secondary N) is 1. The van der Waals surface area contributed by atoms with Crippen molar-refractivity contribution in [2.75, 3.05) is 16.0 Å². The average molecular weight is 632 g/mol. The van der Waals surface area contributed by atoms with Crippen LogP contribution in [-0.4, -0.2) is 27.6 Å². The fourth-order valence-corrected chi connectivity index (χ4v) is 7.08. The Morgan fingerprint density at radius 2 is 1.95 bits per heavy atom. The number of halogens is 3. The second-order valence-corrected chi connectivity index (χ2v) is 12.5. The van der Waals surface area contributed by atoms with Crippen molar-refractivity contribution >= 4 is 80.4 Å². The van der Waals surface area contributed by atoms with Crippen molar-refractivity contribution in [2.45, 2.75) is 36.4 Å². The molecular formula is C27H21Cl3N6O2S2. The molecule has 3 N–H and O–H groups in total. The number of Topliss-reactive ketones (excluding diaryl/α,β-unsaturated/α-hetero) is 1. The van der Waals surface area contributed by atoms with E-state index in [9.17, 15) is 14.9 Å². The smallest absolute Gasteiger partial charge is 0.234 e. The molecular weight excluding hydrogens is 611 g/mol. The molecule has 204 valence electrons. The minimum absolute atomic E-state index is 0.00324. The molecule has 1 aliphatic heterocycles. The molecule has 1 amide bonds. The number of amides is 1. The number of thioether (sulfide) groups is 1. The molecule has 8 nitrogen and oxygen atoms in total. The van der Waals surface area contributed by atoms with Crippen LogP contribution in [0.5, 0.6) is 0 Å². The van der Waals surface area contributed by atoms with Gasteiger partial charge in [-0.2, -0.15) is 5.26 Å². The highest BCUT2D eigenvalue weighted by molar-refractivity contribution is 8.01. The van der Waals surface area contributed by atoms with Gasteiger partial charge < -0.3 is 11.1 Å². The zero-order chi connectivity index (χ0) is 28.6. The van der Waals surface area contributed by atoms with E-state index in [2.05, 4.69) is 21.6 Å². The summed E-state index contributed by atoms with van der Waals surface area (Å²) in [5, 5.41) is 22.7. The highest BCUT2D eigenvalue weighted by Gasteiger charge is 2.41. The third-order valence-electron chi connectivity index (χ3n) is 6.61. The molecule has 2 aromatic carbocycles. The number of aromatic nitrogens is 2. The Labute approximate surface area is 253 Å². The molecule has 1 aliphatic carbocycles. The zero-order valence-electron chi connectivity index (χ0n) is 21.0. The molecule has 2 heterocycles. The molecule has 2 aliphatic rings. The van der Waals surface area contributed by atoms with E-state index < -0.39 is 5.92 Å². The average Bonchev–Trinajstić information content (AvgIpc) is 3.39.